The molecule has 0 amide bonds. The Kier molecular flexibility index (Phi) is 5.08. The van der Waals surface area contributed by atoms with Crippen molar-refractivity contribution in [3.8, 4) is 0 Å². The molecular weight excluding hydrogens is 288 g/mol. The van der Waals surface area contributed by atoms with E-state index >= 15 is 0 Å². The first-order valence-electron chi connectivity index (χ1n) is 8.45. The van der Waals surface area contributed by atoms with Gasteiger partial charge in [0, 0.05) is 25.5 Å². The fourth-order valence-electron chi connectivity index (χ4n) is 3.49. The third-order valence-electron chi connectivity index (χ3n) is 4.64. The number of piperidine rings is 1. The van der Waals surface area contributed by atoms with E-state index < -0.39 is 0 Å². The molecule has 1 atom stereocenters. The van der Waals surface area contributed by atoms with Gasteiger partial charge in [-0.05, 0) is 50.9 Å². The number of fused-ring (bicyclic) bond motifs is 1. The lowest BCUT2D eigenvalue weighted by atomic mass is 9.96. The fourth-order valence-corrected chi connectivity index (χ4v) is 3.49. The maximum atomic E-state index is 9.50. The number of likely N-dealkylation sites (tertiary alicyclic amines) is 1. The first-order valence-corrected chi connectivity index (χ1v) is 8.45. The van der Waals surface area contributed by atoms with Crippen LogP contribution in [-0.4, -0.2) is 59.3 Å². The number of rotatable bonds is 5. The number of aliphatic hydroxyl groups is 1. The molecule has 5 heteroatoms. The molecule has 2 heterocycles. The zero-order valence-electron chi connectivity index (χ0n) is 14.0. The number of aromatic nitrogens is 2. The molecule has 1 N–H and O–H groups in total. The topological polar surface area (TPSA) is 52.5 Å². The van der Waals surface area contributed by atoms with Crippen molar-refractivity contribution in [2.45, 2.75) is 25.9 Å². The summed E-state index contributed by atoms with van der Waals surface area (Å²) in [5.74, 6) is 1.70. The van der Waals surface area contributed by atoms with Crippen LogP contribution in [0.3, 0.4) is 0 Å². The molecule has 2 aromatic rings. The van der Waals surface area contributed by atoms with Crippen molar-refractivity contribution in [2.24, 2.45) is 5.92 Å². The molecule has 1 saturated heterocycles. The number of anilines is 1. The summed E-state index contributed by atoms with van der Waals surface area (Å²) >= 11 is 0. The average Bonchev–Trinajstić information content (AvgIpc) is 2.55. The molecule has 1 aromatic heterocycles. The van der Waals surface area contributed by atoms with Gasteiger partial charge in [-0.25, -0.2) is 9.97 Å². The zero-order chi connectivity index (χ0) is 16.2. The number of benzene rings is 1. The van der Waals surface area contributed by atoms with Crippen molar-refractivity contribution < 1.29 is 5.11 Å². The Bertz CT molecular complexity index is 632. The smallest absolute Gasteiger partial charge is 0.139 e. The summed E-state index contributed by atoms with van der Waals surface area (Å²) in [6.45, 7) is 5.82. The lowest BCUT2D eigenvalue weighted by Crippen LogP contribution is -2.40. The maximum absolute atomic E-state index is 9.50. The Labute approximate surface area is 138 Å². The van der Waals surface area contributed by atoms with Crippen LogP contribution in [0.25, 0.3) is 10.9 Å². The summed E-state index contributed by atoms with van der Waals surface area (Å²) in [6, 6.07) is 8.17. The maximum Gasteiger partial charge on any atom is 0.139 e. The van der Waals surface area contributed by atoms with Gasteiger partial charge in [-0.1, -0.05) is 12.1 Å². The van der Waals surface area contributed by atoms with Gasteiger partial charge in [0.15, 0.2) is 0 Å². The summed E-state index contributed by atoms with van der Waals surface area (Å²) in [4.78, 5) is 13.5. The van der Waals surface area contributed by atoms with Gasteiger partial charge in [-0.3, -0.25) is 0 Å². The third kappa shape index (κ3) is 3.98. The SMILES string of the molecule is C[C@@H](O)CN1CCC(CN(C)c2ncnc3ccccc23)CC1. The molecule has 0 saturated carbocycles. The van der Waals surface area contributed by atoms with Crippen LogP contribution in [0, 0.1) is 5.92 Å². The normalized spacial score (nSPS) is 18.2. The third-order valence-corrected chi connectivity index (χ3v) is 4.64. The largest absolute Gasteiger partial charge is 0.392 e. The predicted molar refractivity (Wildman–Crippen MR) is 93.7 cm³/mol. The molecule has 124 valence electrons. The molecule has 0 bridgehead atoms. The second-order valence-electron chi connectivity index (χ2n) is 6.69. The van der Waals surface area contributed by atoms with E-state index in [-0.39, 0.29) is 6.10 Å². The van der Waals surface area contributed by atoms with E-state index in [1.807, 2.05) is 25.1 Å². The Hall–Kier alpha value is -1.72. The van der Waals surface area contributed by atoms with Crippen LogP contribution in [0.15, 0.2) is 30.6 Å². The lowest BCUT2D eigenvalue weighted by Gasteiger charge is -2.34. The minimum absolute atomic E-state index is 0.235. The van der Waals surface area contributed by atoms with Crippen LogP contribution < -0.4 is 4.90 Å². The second-order valence-corrected chi connectivity index (χ2v) is 6.69. The van der Waals surface area contributed by atoms with Crippen LogP contribution in [0.1, 0.15) is 19.8 Å². The van der Waals surface area contributed by atoms with Gasteiger partial charge in [0.1, 0.15) is 12.1 Å². The van der Waals surface area contributed by atoms with E-state index in [0.717, 1.165) is 42.9 Å². The first-order chi connectivity index (χ1) is 11.1. The van der Waals surface area contributed by atoms with Crippen LogP contribution in [-0.2, 0) is 0 Å². The van der Waals surface area contributed by atoms with E-state index in [4.69, 9.17) is 0 Å². The average molecular weight is 314 g/mol. The number of hydrogen-bond acceptors (Lipinski definition) is 5. The molecule has 0 spiro atoms. The van der Waals surface area contributed by atoms with E-state index in [0.29, 0.717) is 5.92 Å². The molecule has 23 heavy (non-hydrogen) atoms. The summed E-state index contributed by atoms with van der Waals surface area (Å²) < 4.78 is 0. The van der Waals surface area contributed by atoms with E-state index in [2.05, 4.69) is 32.9 Å². The highest BCUT2D eigenvalue weighted by Crippen LogP contribution is 2.25. The quantitative estimate of drug-likeness (QED) is 0.916. The summed E-state index contributed by atoms with van der Waals surface area (Å²) in [5, 5.41) is 10.6. The predicted octanol–water partition coefficient (Wildman–Crippen LogP) is 2.16. The molecule has 5 nitrogen and oxygen atoms in total. The Morgan fingerprint density at radius 1 is 1.26 bits per heavy atom. The highest BCUT2D eigenvalue weighted by Gasteiger charge is 2.22. The molecule has 1 aliphatic heterocycles. The first kappa shape index (κ1) is 16.1. The number of nitrogens with zero attached hydrogens (tertiary/aromatic N) is 4. The van der Waals surface area contributed by atoms with Crippen LogP contribution in [0.5, 0.6) is 0 Å². The van der Waals surface area contributed by atoms with Gasteiger partial charge in [-0.15, -0.1) is 0 Å². The minimum atomic E-state index is -0.235. The molecule has 1 aromatic carbocycles. The molecule has 1 fully saturated rings. The van der Waals surface area contributed by atoms with Crippen molar-refractivity contribution in [2.75, 3.05) is 38.1 Å². The minimum Gasteiger partial charge on any atom is -0.392 e. The second kappa shape index (κ2) is 7.23. The Morgan fingerprint density at radius 2 is 2.00 bits per heavy atom. The van der Waals surface area contributed by atoms with Crippen LogP contribution in [0.4, 0.5) is 5.82 Å². The molecule has 0 aliphatic carbocycles. The van der Waals surface area contributed by atoms with E-state index in [9.17, 15) is 5.11 Å². The monoisotopic (exact) mass is 314 g/mol. The Balaban J connectivity index is 1.62. The molecule has 3 rings (SSSR count). The van der Waals surface area contributed by atoms with Crippen molar-refractivity contribution in [1.29, 1.82) is 0 Å². The number of para-hydroxylation sites is 1. The zero-order valence-corrected chi connectivity index (χ0v) is 14.0. The Morgan fingerprint density at radius 3 is 2.74 bits per heavy atom. The number of aliphatic hydroxyl groups excluding tert-OH is 1. The molecule has 1 aliphatic rings. The van der Waals surface area contributed by atoms with Crippen molar-refractivity contribution in [1.82, 2.24) is 14.9 Å². The van der Waals surface area contributed by atoms with Gasteiger partial charge < -0.3 is 14.9 Å². The van der Waals surface area contributed by atoms with Gasteiger partial charge in [0.05, 0.1) is 11.6 Å². The van der Waals surface area contributed by atoms with Gasteiger partial charge >= 0.3 is 0 Å². The van der Waals surface area contributed by atoms with Crippen LogP contribution in [0.2, 0.25) is 0 Å². The van der Waals surface area contributed by atoms with Gasteiger partial charge in [0.25, 0.3) is 0 Å². The summed E-state index contributed by atoms with van der Waals surface area (Å²) in [5.41, 5.74) is 0.996. The van der Waals surface area contributed by atoms with E-state index in [1.54, 1.807) is 6.33 Å². The van der Waals surface area contributed by atoms with Crippen molar-refractivity contribution >= 4 is 16.7 Å². The molecule has 0 unspecified atom stereocenters. The van der Waals surface area contributed by atoms with Gasteiger partial charge in [-0.2, -0.15) is 0 Å². The summed E-state index contributed by atoms with van der Waals surface area (Å²) in [6.07, 6.45) is 3.78. The number of hydrogen-bond donors (Lipinski definition) is 1. The number of β-amino-alcohol motifs (C(OH)–C–C–N with tert-alkyl or cyclic N) is 1. The van der Waals surface area contributed by atoms with E-state index in [1.165, 1.54) is 12.8 Å². The highest BCUT2D eigenvalue weighted by atomic mass is 16.3. The van der Waals surface area contributed by atoms with Crippen molar-refractivity contribution in [3.05, 3.63) is 30.6 Å². The standard InChI is InChI=1S/C18H26N4O/c1-14(23)11-22-9-7-15(8-10-22)12-21(2)18-16-5-3-4-6-17(16)19-13-20-18/h3-6,13-15,23H,7-12H2,1-2H3/t14-/m1/s1. The van der Waals surface area contributed by atoms with Gasteiger partial charge in [0.2, 0.25) is 0 Å². The fraction of sp³-hybridized carbons (Fsp3) is 0.556. The van der Waals surface area contributed by atoms with Crippen molar-refractivity contribution in [3.63, 3.8) is 0 Å². The highest BCUT2D eigenvalue weighted by molar-refractivity contribution is 5.89. The molecular formula is C18H26N4O. The summed E-state index contributed by atoms with van der Waals surface area (Å²) in [7, 11) is 2.12. The molecule has 0 radical (unpaired) electrons. The van der Waals surface area contributed by atoms with Crippen LogP contribution >= 0.6 is 0 Å². The lowest BCUT2D eigenvalue weighted by molar-refractivity contribution is 0.101.